The number of nitrogens with zero attached hydrogens (tertiary/aromatic N) is 1. The highest BCUT2D eigenvalue weighted by atomic mass is 35.5. The number of hydrogen-bond acceptors (Lipinski definition) is 3. The summed E-state index contributed by atoms with van der Waals surface area (Å²) in [4.78, 5) is 13.6. The highest BCUT2D eigenvalue weighted by Gasteiger charge is 2.11. The maximum atomic E-state index is 11.9. The fraction of sp³-hybridized carbons (Fsp3) is 0.500. The zero-order chi connectivity index (χ0) is 14.3. The molecule has 1 rings (SSSR count). The highest BCUT2D eigenvalue weighted by Crippen LogP contribution is 2.23. The number of ether oxygens (including phenoxy) is 1. The zero-order valence-corrected chi connectivity index (χ0v) is 12.2. The summed E-state index contributed by atoms with van der Waals surface area (Å²) < 4.78 is 5.59. The van der Waals surface area contributed by atoms with Crippen molar-refractivity contribution in [3.63, 3.8) is 0 Å². The molecule has 4 nitrogen and oxygen atoms in total. The van der Waals surface area contributed by atoms with Crippen LogP contribution in [0.5, 0.6) is 5.75 Å². The first-order chi connectivity index (χ1) is 9.12. The first-order valence-corrected chi connectivity index (χ1v) is 6.89. The van der Waals surface area contributed by atoms with Crippen molar-refractivity contribution in [1.82, 2.24) is 4.90 Å². The number of rotatable bonds is 7. The molecular weight excluding hydrogens is 264 g/mol. The third-order valence-corrected chi connectivity index (χ3v) is 3.14. The molecule has 0 heterocycles. The highest BCUT2D eigenvalue weighted by molar-refractivity contribution is 6.30. The van der Waals surface area contributed by atoms with Crippen molar-refractivity contribution in [3.8, 4) is 5.75 Å². The van der Waals surface area contributed by atoms with Gasteiger partial charge in [0.1, 0.15) is 5.75 Å². The van der Waals surface area contributed by atoms with Crippen molar-refractivity contribution in [2.75, 3.05) is 26.2 Å². The second-order valence-electron chi connectivity index (χ2n) is 4.15. The molecule has 5 heteroatoms. The minimum Gasteiger partial charge on any atom is -0.483 e. The molecule has 0 aliphatic carbocycles. The Morgan fingerprint density at radius 3 is 2.63 bits per heavy atom. The van der Waals surface area contributed by atoms with E-state index in [1.807, 2.05) is 19.9 Å². The van der Waals surface area contributed by atoms with Crippen molar-refractivity contribution in [1.29, 1.82) is 0 Å². The first-order valence-electron chi connectivity index (χ1n) is 6.51. The summed E-state index contributed by atoms with van der Waals surface area (Å²) in [6.07, 6.45) is 0.676. The van der Waals surface area contributed by atoms with Gasteiger partial charge in [-0.05, 0) is 50.6 Å². The second-order valence-corrected chi connectivity index (χ2v) is 4.58. The molecule has 0 atom stereocenters. The second kappa shape index (κ2) is 8.02. The standard InChI is InChI=1S/C14H21ClN2O2/c1-3-17(4-2)14(18)10-19-13-6-5-12(15)9-11(13)7-8-16/h5-6,9H,3-4,7-8,10,16H2,1-2H3. The molecule has 0 radical (unpaired) electrons. The monoisotopic (exact) mass is 284 g/mol. The van der Waals surface area contributed by atoms with Crippen LogP contribution in [-0.2, 0) is 11.2 Å². The summed E-state index contributed by atoms with van der Waals surface area (Å²) >= 11 is 5.94. The van der Waals surface area contributed by atoms with E-state index in [-0.39, 0.29) is 12.5 Å². The maximum Gasteiger partial charge on any atom is 0.260 e. The molecule has 1 aromatic carbocycles. The number of likely N-dealkylation sites (N-methyl/N-ethyl adjacent to an activating group) is 1. The van der Waals surface area contributed by atoms with Crippen LogP contribution in [0.15, 0.2) is 18.2 Å². The fourth-order valence-electron chi connectivity index (χ4n) is 1.85. The van der Waals surface area contributed by atoms with Gasteiger partial charge in [-0.15, -0.1) is 0 Å². The Morgan fingerprint density at radius 2 is 2.05 bits per heavy atom. The molecular formula is C14H21ClN2O2. The number of nitrogens with two attached hydrogens (primary N) is 1. The molecule has 19 heavy (non-hydrogen) atoms. The molecule has 0 bridgehead atoms. The molecule has 1 aromatic rings. The normalized spacial score (nSPS) is 10.3. The van der Waals surface area contributed by atoms with Crippen molar-refractivity contribution in [2.45, 2.75) is 20.3 Å². The quantitative estimate of drug-likeness (QED) is 0.834. The summed E-state index contributed by atoms with van der Waals surface area (Å²) in [6.45, 7) is 5.83. The van der Waals surface area contributed by atoms with E-state index in [0.717, 1.165) is 5.56 Å². The Kier molecular flexibility index (Phi) is 6.67. The summed E-state index contributed by atoms with van der Waals surface area (Å²) in [7, 11) is 0. The Bertz CT molecular complexity index is 420. The van der Waals surface area contributed by atoms with Gasteiger partial charge >= 0.3 is 0 Å². The van der Waals surface area contributed by atoms with Gasteiger partial charge in [-0.25, -0.2) is 0 Å². The minimum atomic E-state index is -0.0151. The Morgan fingerprint density at radius 1 is 1.37 bits per heavy atom. The van der Waals surface area contributed by atoms with Crippen LogP contribution < -0.4 is 10.5 Å². The molecule has 106 valence electrons. The van der Waals surface area contributed by atoms with E-state index in [0.29, 0.717) is 36.8 Å². The van der Waals surface area contributed by atoms with Gasteiger partial charge in [0.15, 0.2) is 6.61 Å². The molecule has 0 saturated heterocycles. The molecule has 0 unspecified atom stereocenters. The Labute approximate surface area is 119 Å². The topological polar surface area (TPSA) is 55.6 Å². The molecule has 0 aliphatic rings. The van der Waals surface area contributed by atoms with E-state index in [1.165, 1.54) is 0 Å². The maximum absolute atomic E-state index is 11.9. The van der Waals surface area contributed by atoms with Gasteiger partial charge in [-0.3, -0.25) is 4.79 Å². The zero-order valence-electron chi connectivity index (χ0n) is 11.5. The number of halogens is 1. The third kappa shape index (κ3) is 4.73. The predicted molar refractivity (Wildman–Crippen MR) is 77.6 cm³/mol. The molecule has 1 amide bonds. The van der Waals surface area contributed by atoms with E-state index in [1.54, 1.807) is 17.0 Å². The lowest BCUT2D eigenvalue weighted by Crippen LogP contribution is -2.34. The van der Waals surface area contributed by atoms with Crippen molar-refractivity contribution in [2.24, 2.45) is 5.73 Å². The number of carbonyl (C=O) groups excluding carboxylic acids is 1. The van der Waals surface area contributed by atoms with E-state index in [2.05, 4.69) is 0 Å². The van der Waals surface area contributed by atoms with Crippen molar-refractivity contribution >= 4 is 17.5 Å². The van der Waals surface area contributed by atoms with Gasteiger partial charge in [0.2, 0.25) is 0 Å². The van der Waals surface area contributed by atoms with E-state index < -0.39 is 0 Å². The van der Waals surface area contributed by atoms with Crippen LogP contribution in [0.3, 0.4) is 0 Å². The van der Waals surface area contributed by atoms with E-state index in [4.69, 9.17) is 22.1 Å². The van der Waals surface area contributed by atoms with Gasteiger partial charge in [0.05, 0.1) is 0 Å². The Balaban J connectivity index is 2.69. The molecule has 0 aliphatic heterocycles. The van der Waals surface area contributed by atoms with Crippen LogP contribution >= 0.6 is 11.6 Å². The minimum absolute atomic E-state index is 0.0151. The number of carbonyl (C=O) groups is 1. The van der Waals surface area contributed by atoms with Crippen LogP contribution in [-0.4, -0.2) is 37.0 Å². The molecule has 0 aromatic heterocycles. The van der Waals surface area contributed by atoms with Crippen molar-refractivity contribution < 1.29 is 9.53 Å². The van der Waals surface area contributed by atoms with Crippen molar-refractivity contribution in [3.05, 3.63) is 28.8 Å². The number of benzene rings is 1. The average molecular weight is 285 g/mol. The average Bonchev–Trinajstić information content (AvgIpc) is 2.39. The SMILES string of the molecule is CCN(CC)C(=O)COc1ccc(Cl)cc1CCN. The van der Waals surface area contributed by atoms with Crippen LogP contribution in [0.1, 0.15) is 19.4 Å². The third-order valence-electron chi connectivity index (χ3n) is 2.90. The van der Waals surface area contributed by atoms with Gasteiger partial charge in [-0.2, -0.15) is 0 Å². The lowest BCUT2D eigenvalue weighted by atomic mass is 10.1. The summed E-state index contributed by atoms with van der Waals surface area (Å²) in [5.74, 6) is 0.661. The fourth-order valence-corrected chi connectivity index (χ4v) is 2.04. The summed E-state index contributed by atoms with van der Waals surface area (Å²) in [6, 6.07) is 5.35. The lowest BCUT2D eigenvalue weighted by Gasteiger charge is -2.19. The van der Waals surface area contributed by atoms with Crippen LogP contribution in [0.25, 0.3) is 0 Å². The summed E-state index contributed by atoms with van der Waals surface area (Å²) in [5, 5.41) is 0.644. The molecule has 2 N–H and O–H groups in total. The number of hydrogen-bond donors (Lipinski definition) is 1. The van der Waals surface area contributed by atoms with Crippen LogP contribution in [0.4, 0.5) is 0 Å². The van der Waals surface area contributed by atoms with E-state index >= 15 is 0 Å². The van der Waals surface area contributed by atoms with Gasteiger partial charge in [0, 0.05) is 18.1 Å². The van der Waals surface area contributed by atoms with E-state index in [9.17, 15) is 4.79 Å². The largest absolute Gasteiger partial charge is 0.483 e. The van der Waals surface area contributed by atoms with Crippen LogP contribution in [0, 0.1) is 0 Å². The lowest BCUT2D eigenvalue weighted by molar-refractivity contribution is -0.132. The van der Waals surface area contributed by atoms with Gasteiger partial charge < -0.3 is 15.4 Å². The number of amides is 1. The summed E-state index contributed by atoms with van der Waals surface area (Å²) in [5.41, 5.74) is 6.49. The predicted octanol–water partition coefficient (Wildman–Crippen LogP) is 2.09. The first kappa shape index (κ1) is 15.8. The van der Waals surface area contributed by atoms with Gasteiger partial charge in [0.25, 0.3) is 5.91 Å². The molecule has 0 saturated carbocycles. The van der Waals surface area contributed by atoms with Gasteiger partial charge in [-0.1, -0.05) is 11.6 Å². The molecule has 0 spiro atoms. The smallest absolute Gasteiger partial charge is 0.260 e. The van der Waals surface area contributed by atoms with Crippen LogP contribution in [0.2, 0.25) is 5.02 Å². The Hall–Kier alpha value is -1.26. The molecule has 0 fully saturated rings.